The first-order valence-corrected chi connectivity index (χ1v) is 9.62. The molecule has 242 valence electrons. The Hall–Kier alpha value is -1.52. The zero-order chi connectivity index (χ0) is 31.7. The number of carbonyl (C=O) groups excluding carboxylic acids is 2. The molecule has 40 heavy (non-hydrogen) atoms. The number of ketones is 2. The van der Waals surface area contributed by atoms with Crippen LogP contribution < -0.4 is 10.2 Å². The van der Waals surface area contributed by atoms with Crippen LogP contribution in [0.15, 0.2) is 23.7 Å². The van der Waals surface area contributed by atoms with E-state index in [2.05, 4.69) is 0 Å². The quantitative estimate of drug-likeness (QED) is 0.161. The Morgan fingerprint density at radius 2 is 0.650 bits per heavy atom. The third kappa shape index (κ3) is 10.4. The van der Waals surface area contributed by atoms with Gasteiger partial charge in [-0.25, -0.2) is 0 Å². The fourth-order valence-electron chi connectivity index (χ4n) is 1.52. The van der Waals surface area contributed by atoms with Crippen molar-refractivity contribution in [2.75, 3.05) is 0 Å². The molecule has 0 amide bonds. The number of hydrogen-bond acceptors (Lipinski definition) is 4. The van der Waals surface area contributed by atoms with Gasteiger partial charge in [0.2, 0.25) is 11.6 Å². The molecule has 0 spiro atoms. The fourth-order valence-corrected chi connectivity index (χ4v) is 1.52. The van der Waals surface area contributed by atoms with Crippen LogP contribution in [0.25, 0.3) is 0 Å². The minimum absolute atomic E-state index is 0. The van der Waals surface area contributed by atoms with E-state index < -0.39 is 82.1 Å². The second-order valence-corrected chi connectivity index (χ2v) is 9.54. The Morgan fingerprint density at radius 3 is 0.775 bits per heavy atom. The first-order valence-electron chi connectivity index (χ1n) is 9.62. The van der Waals surface area contributed by atoms with Crippen molar-refractivity contribution in [2.24, 2.45) is 10.8 Å². The van der Waals surface area contributed by atoms with E-state index in [-0.39, 0.29) is 34.1 Å². The molecule has 0 aliphatic heterocycles. The van der Waals surface area contributed by atoms with Crippen molar-refractivity contribution in [2.45, 2.75) is 77.6 Å². The van der Waals surface area contributed by atoms with Gasteiger partial charge in [0.1, 0.15) is 0 Å². The summed E-state index contributed by atoms with van der Waals surface area (Å²) in [6.07, 6.45) is -14.1. The molecule has 0 aromatic rings. The van der Waals surface area contributed by atoms with Crippen molar-refractivity contribution in [3.05, 3.63) is 23.7 Å². The second-order valence-electron chi connectivity index (χ2n) is 9.54. The molecule has 0 aromatic carbocycles. The molecule has 0 unspecified atom stereocenters. The van der Waals surface area contributed by atoms with Crippen LogP contribution >= 0.6 is 0 Å². The van der Waals surface area contributed by atoms with Crippen LogP contribution in [0.4, 0.5) is 61.5 Å². The molecule has 0 saturated heterocycles. The molecule has 0 atom stereocenters. The Labute approximate surface area is 239 Å². The average Bonchev–Trinajstić information content (AvgIpc) is 2.64. The molecule has 20 heteroatoms. The Balaban J connectivity index is -0.000000309. The standard InChI is InChI=1S/2C10H11F7O2.2Cu/c2*1-7(2,3)5(18)4-6(19)8(11,12)9(13,14)10(15,16)17;;/h2*4,18H,1-3H3;;/q;;2*+2/p-2/b2*5-4-;;. The van der Waals surface area contributed by atoms with Crippen molar-refractivity contribution < 1.29 is 115 Å². The molecular formula is C20H20Cu2F14O4+2. The molecule has 4 nitrogen and oxygen atoms in total. The first-order chi connectivity index (χ1) is 16.1. The van der Waals surface area contributed by atoms with Crippen LogP contribution in [-0.2, 0) is 43.7 Å². The van der Waals surface area contributed by atoms with Gasteiger partial charge in [0, 0.05) is 0 Å². The molecule has 0 N–H and O–H groups in total. The summed E-state index contributed by atoms with van der Waals surface area (Å²) < 4.78 is 172. The van der Waals surface area contributed by atoms with Gasteiger partial charge in [-0.1, -0.05) is 41.5 Å². The van der Waals surface area contributed by atoms with Crippen molar-refractivity contribution in [3.8, 4) is 0 Å². The largest absolute Gasteiger partial charge is 2.00 e. The zero-order valence-corrected chi connectivity index (χ0v) is 22.6. The predicted molar refractivity (Wildman–Crippen MR) is 97.0 cm³/mol. The molecule has 0 aliphatic carbocycles. The van der Waals surface area contributed by atoms with E-state index >= 15 is 0 Å². The van der Waals surface area contributed by atoms with E-state index in [1.165, 1.54) is 41.5 Å². The van der Waals surface area contributed by atoms with Gasteiger partial charge in [-0.15, -0.1) is 11.5 Å². The van der Waals surface area contributed by atoms with Gasteiger partial charge in [0.05, 0.1) is 0 Å². The van der Waals surface area contributed by atoms with Crippen LogP contribution in [-0.4, -0.2) is 47.6 Å². The maximum atomic E-state index is 12.8. The summed E-state index contributed by atoms with van der Waals surface area (Å²) in [6, 6.07) is 0. The number of carbonyl (C=O) groups is 2. The van der Waals surface area contributed by atoms with E-state index in [0.29, 0.717) is 0 Å². The molecule has 0 fully saturated rings. The van der Waals surface area contributed by atoms with Crippen LogP contribution in [0.5, 0.6) is 0 Å². The predicted octanol–water partition coefficient (Wildman–Crippen LogP) is 5.35. The van der Waals surface area contributed by atoms with Crippen LogP contribution in [0, 0.1) is 10.8 Å². The zero-order valence-electron chi connectivity index (χ0n) is 20.7. The normalized spacial score (nSPS) is 14.8. The summed E-state index contributed by atoms with van der Waals surface area (Å²) in [5, 5.41) is 22.3. The van der Waals surface area contributed by atoms with Crippen molar-refractivity contribution in [1.29, 1.82) is 0 Å². The van der Waals surface area contributed by atoms with Gasteiger partial charge >= 0.3 is 70.2 Å². The van der Waals surface area contributed by atoms with Crippen LogP contribution in [0.1, 0.15) is 41.5 Å². The molecule has 0 aromatic heterocycles. The van der Waals surface area contributed by atoms with E-state index in [1.54, 1.807) is 0 Å². The minimum atomic E-state index is -6.61. The SMILES string of the molecule is CC(C)(C)/C([O-])=C/C(=O)C(F)(F)C(F)(F)C(F)(F)F.CC(C)(C)/C([O-])=C/C(=O)C(F)(F)C(F)(F)C(F)(F)F.[Cu+2].[Cu+2]. The Morgan fingerprint density at radius 1 is 0.475 bits per heavy atom. The molecule has 0 saturated carbocycles. The van der Waals surface area contributed by atoms with E-state index in [1.807, 2.05) is 0 Å². The monoisotopic (exact) mass is 716 g/mol. The first kappa shape index (κ1) is 45.5. The smallest absolute Gasteiger partial charge is 0.875 e. The van der Waals surface area contributed by atoms with Gasteiger partial charge < -0.3 is 10.2 Å². The molecule has 0 aliphatic rings. The maximum Gasteiger partial charge on any atom is 2.00 e. The minimum Gasteiger partial charge on any atom is -0.875 e. The average molecular weight is 717 g/mol. The summed E-state index contributed by atoms with van der Waals surface area (Å²) >= 11 is 0. The van der Waals surface area contributed by atoms with Gasteiger partial charge in [-0.05, 0) is 23.0 Å². The van der Waals surface area contributed by atoms with E-state index in [4.69, 9.17) is 0 Å². The Kier molecular flexibility index (Phi) is 15.5. The van der Waals surface area contributed by atoms with E-state index in [0.717, 1.165) is 0 Å². The fraction of sp³-hybridized carbons (Fsp3) is 0.700. The van der Waals surface area contributed by atoms with Crippen LogP contribution in [0.2, 0.25) is 0 Å². The number of alkyl halides is 14. The van der Waals surface area contributed by atoms with Gasteiger partial charge in [-0.2, -0.15) is 61.5 Å². The summed E-state index contributed by atoms with van der Waals surface area (Å²) in [5.74, 6) is -33.5. The van der Waals surface area contributed by atoms with E-state index in [9.17, 15) is 81.3 Å². The summed E-state index contributed by atoms with van der Waals surface area (Å²) in [5.41, 5.74) is -2.72. The topological polar surface area (TPSA) is 80.3 Å². The number of rotatable bonds is 6. The Bertz CT molecular complexity index is 863. The number of hydrogen-bond donors (Lipinski definition) is 0. The van der Waals surface area contributed by atoms with Crippen molar-refractivity contribution in [1.82, 2.24) is 0 Å². The second kappa shape index (κ2) is 13.6. The summed E-state index contributed by atoms with van der Waals surface area (Å²) in [4.78, 5) is 21.6. The number of allylic oxidation sites excluding steroid dienone is 4. The summed E-state index contributed by atoms with van der Waals surface area (Å²) in [7, 11) is 0. The number of halogens is 14. The van der Waals surface area contributed by atoms with Gasteiger partial charge in [0.15, 0.2) is 0 Å². The maximum absolute atomic E-state index is 12.8. The molecule has 0 rings (SSSR count). The van der Waals surface area contributed by atoms with Gasteiger partial charge in [0.25, 0.3) is 0 Å². The summed E-state index contributed by atoms with van der Waals surface area (Å²) in [6.45, 7) is 7.08. The van der Waals surface area contributed by atoms with Gasteiger partial charge in [-0.3, -0.25) is 9.59 Å². The molecular weight excluding hydrogens is 697 g/mol. The molecule has 0 bridgehead atoms. The third-order valence-electron chi connectivity index (χ3n) is 4.12. The van der Waals surface area contributed by atoms with Crippen molar-refractivity contribution >= 4 is 11.6 Å². The molecule has 2 radical (unpaired) electrons. The molecule has 0 heterocycles. The van der Waals surface area contributed by atoms with Crippen LogP contribution in [0.3, 0.4) is 0 Å². The third-order valence-corrected chi connectivity index (χ3v) is 4.12. The van der Waals surface area contributed by atoms with Crippen molar-refractivity contribution in [3.63, 3.8) is 0 Å².